The van der Waals surface area contributed by atoms with E-state index in [4.69, 9.17) is 16.3 Å². The van der Waals surface area contributed by atoms with Crippen molar-refractivity contribution in [2.45, 2.75) is 46.5 Å². The molecule has 1 N–H and O–H groups in total. The maximum absolute atomic E-state index is 13.0. The lowest BCUT2D eigenvalue weighted by atomic mass is 9.62. The van der Waals surface area contributed by atoms with Gasteiger partial charge in [0.1, 0.15) is 5.75 Å². The minimum atomic E-state index is -0.506. The van der Waals surface area contributed by atoms with Crippen LogP contribution in [0.1, 0.15) is 46.5 Å². The van der Waals surface area contributed by atoms with Gasteiger partial charge in [0.05, 0.1) is 17.5 Å². The first-order valence-electron chi connectivity index (χ1n) is 9.61. The van der Waals surface area contributed by atoms with Crippen LogP contribution in [0.4, 0.5) is 5.69 Å². The third kappa shape index (κ3) is 3.28. The number of imide groups is 1. The fourth-order valence-corrected chi connectivity index (χ4v) is 4.74. The van der Waals surface area contributed by atoms with Crippen molar-refractivity contribution >= 4 is 35.0 Å². The Morgan fingerprint density at radius 1 is 1.32 bits per heavy atom. The van der Waals surface area contributed by atoms with Gasteiger partial charge < -0.3 is 10.1 Å². The van der Waals surface area contributed by atoms with Crippen LogP contribution in [-0.2, 0) is 14.4 Å². The molecule has 0 radical (unpaired) electrons. The van der Waals surface area contributed by atoms with Gasteiger partial charge in [-0.1, -0.05) is 32.4 Å². The average molecular weight is 407 g/mol. The van der Waals surface area contributed by atoms with Crippen molar-refractivity contribution in [2.24, 2.45) is 16.7 Å². The number of fused-ring (bicyclic) bond motifs is 2. The molecule has 1 saturated heterocycles. The quantitative estimate of drug-likeness (QED) is 0.727. The molecular weight excluding hydrogens is 380 g/mol. The van der Waals surface area contributed by atoms with Crippen molar-refractivity contribution in [3.05, 3.63) is 23.2 Å². The third-order valence-corrected chi connectivity index (χ3v) is 7.02. The van der Waals surface area contributed by atoms with Gasteiger partial charge in [0.2, 0.25) is 17.7 Å². The van der Waals surface area contributed by atoms with E-state index in [0.29, 0.717) is 22.9 Å². The molecule has 2 aliphatic rings. The maximum atomic E-state index is 13.0. The fraction of sp³-hybridized carbons (Fsp3) is 0.571. The highest BCUT2D eigenvalue weighted by Crippen LogP contribution is 2.60. The second kappa shape index (κ2) is 7.39. The Labute approximate surface area is 170 Å². The van der Waals surface area contributed by atoms with Gasteiger partial charge >= 0.3 is 0 Å². The standard InChI is InChI=1S/C21H27ClN2O4/c1-20(2)14-9-10-21(20,3)19(27)24(18(14)26)11-5-6-17(25)23-13-7-8-16(28-4)15(22)12-13/h7-8,12,14H,5-6,9-11H2,1-4H3,(H,23,25). The Kier molecular flexibility index (Phi) is 5.45. The van der Waals surface area contributed by atoms with Crippen LogP contribution in [0.15, 0.2) is 18.2 Å². The number of carbonyl (C=O) groups is 3. The highest BCUT2D eigenvalue weighted by atomic mass is 35.5. The Morgan fingerprint density at radius 2 is 2.04 bits per heavy atom. The van der Waals surface area contributed by atoms with Gasteiger partial charge in [-0.25, -0.2) is 0 Å². The number of piperidine rings is 1. The summed E-state index contributed by atoms with van der Waals surface area (Å²) < 4.78 is 5.09. The van der Waals surface area contributed by atoms with E-state index in [-0.39, 0.29) is 42.0 Å². The van der Waals surface area contributed by atoms with E-state index in [1.54, 1.807) is 18.2 Å². The molecule has 28 heavy (non-hydrogen) atoms. The molecule has 6 nitrogen and oxygen atoms in total. The molecule has 0 aromatic heterocycles. The number of ether oxygens (including phenoxy) is 1. The SMILES string of the molecule is COc1ccc(NC(=O)CCCN2C(=O)C3CCC(C)(C2=O)C3(C)C)cc1Cl. The van der Waals surface area contributed by atoms with Crippen LogP contribution in [-0.4, -0.2) is 36.3 Å². The van der Waals surface area contributed by atoms with Crippen molar-refractivity contribution in [3.8, 4) is 5.75 Å². The molecule has 2 fully saturated rings. The zero-order valence-electron chi connectivity index (χ0n) is 16.8. The molecule has 3 rings (SSSR count). The second-order valence-corrected chi connectivity index (χ2v) is 8.85. The molecule has 2 bridgehead atoms. The number of methoxy groups -OCH3 is 1. The summed E-state index contributed by atoms with van der Waals surface area (Å²) in [6.07, 6.45) is 2.13. The van der Waals surface area contributed by atoms with Crippen LogP contribution in [0, 0.1) is 16.7 Å². The predicted octanol–water partition coefficient (Wildman–Crippen LogP) is 3.88. The Hall–Kier alpha value is -2.08. The number of halogens is 1. The van der Waals surface area contributed by atoms with Crippen molar-refractivity contribution in [1.29, 1.82) is 0 Å². The van der Waals surface area contributed by atoms with Crippen LogP contribution in [0.3, 0.4) is 0 Å². The van der Waals surface area contributed by atoms with E-state index in [2.05, 4.69) is 5.32 Å². The molecular formula is C21H27ClN2O4. The molecule has 1 aromatic carbocycles. The molecule has 1 aliphatic heterocycles. The number of nitrogens with one attached hydrogen (secondary N) is 1. The molecule has 1 aliphatic carbocycles. The van der Waals surface area contributed by atoms with Gasteiger partial charge in [-0.15, -0.1) is 0 Å². The first-order chi connectivity index (χ1) is 13.1. The van der Waals surface area contributed by atoms with Crippen LogP contribution in [0.25, 0.3) is 0 Å². The molecule has 1 heterocycles. The van der Waals surface area contributed by atoms with E-state index in [0.717, 1.165) is 12.8 Å². The van der Waals surface area contributed by atoms with Gasteiger partial charge in [-0.3, -0.25) is 19.3 Å². The van der Waals surface area contributed by atoms with E-state index in [9.17, 15) is 14.4 Å². The summed E-state index contributed by atoms with van der Waals surface area (Å²) in [6, 6.07) is 5.01. The zero-order chi connectivity index (χ0) is 20.7. The lowest BCUT2D eigenvalue weighted by Crippen LogP contribution is -2.59. The molecule has 7 heteroatoms. The first-order valence-corrected chi connectivity index (χ1v) is 9.99. The van der Waals surface area contributed by atoms with Gasteiger partial charge in [0, 0.05) is 24.6 Å². The molecule has 2 atom stereocenters. The number of amides is 3. The van der Waals surface area contributed by atoms with Crippen LogP contribution >= 0.6 is 11.6 Å². The highest BCUT2D eigenvalue weighted by molar-refractivity contribution is 6.32. The minimum absolute atomic E-state index is 0.0904. The molecule has 1 saturated carbocycles. The number of carbonyl (C=O) groups excluding carboxylic acids is 3. The molecule has 1 aromatic rings. The zero-order valence-corrected chi connectivity index (χ0v) is 17.6. The maximum Gasteiger partial charge on any atom is 0.235 e. The molecule has 3 amide bonds. The summed E-state index contributed by atoms with van der Waals surface area (Å²) in [7, 11) is 1.52. The first kappa shape index (κ1) is 20.6. The summed E-state index contributed by atoms with van der Waals surface area (Å²) in [4.78, 5) is 39.4. The summed E-state index contributed by atoms with van der Waals surface area (Å²) in [5.74, 6) is 0.0388. The van der Waals surface area contributed by atoms with E-state index >= 15 is 0 Å². The lowest BCUT2D eigenvalue weighted by Gasteiger charge is -2.47. The number of anilines is 1. The summed E-state index contributed by atoms with van der Waals surface area (Å²) in [5.41, 5.74) is -0.246. The number of hydrogen-bond donors (Lipinski definition) is 1. The Balaban J connectivity index is 1.56. The van der Waals surface area contributed by atoms with E-state index < -0.39 is 5.41 Å². The topological polar surface area (TPSA) is 75.7 Å². The van der Waals surface area contributed by atoms with Crippen molar-refractivity contribution in [1.82, 2.24) is 4.90 Å². The Morgan fingerprint density at radius 3 is 2.68 bits per heavy atom. The number of hydrogen-bond acceptors (Lipinski definition) is 4. The predicted molar refractivity (Wildman–Crippen MR) is 107 cm³/mol. The van der Waals surface area contributed by atoms with Crippen molar-refractivity contribution < 1.29 is 19.1 Å². The van der Waals surface area contributed by atoms with E-state index in [1.807, 2.05) is 20.8 Å². The largest absolute Gasteiger partial charge is 0.495 e. The fourth-order valence-electron chi connectivity index (χ4n) is 4.48. The molecule has 152 valence electrons. The minimum Gasteiger partial charge on any atom is -0.495 e. The smallest absolute Gasteiger partial charge is 0.235 e. The Bertz CT molecular complexity index is 823. The van der Waals surface area contributed by atoms with Gasteiger partial charge in [0.25, 0.3) is 0 Å². The average Bonchev–Trinajstić information content (AvgIpc) is 2.82. The third-order valence-electron chi connectivity index (χ3n) is 6.73. The van der Waals surface area contributed by atoms with Gasteiger partial charge in [-0.05, 0) is 42.9 Å². The van der Waals surface area contributed by atoms with Crippen LogP contribution in [0.2, 0.25) is 5.02 Å². The number of likely N-dealkylation sites (tertiary alicyclic amines) is 1. The van der Waals surface area contributed by atoms with E-state index in [1.165, 1.54) is 12.0 Å². The van der Waals surface area contributed by atoms with Gasteiger partial charge in [-0.2, -0.15) is 0 Å². The molecule has 2 unspecified atom stereocenters. The monoisotopic (exact) mass is 406 g/mol. The number of nitrogens with zero attached hydrogens (tertiary/aromatic N) is 1. The van der Waals surface area contributed by atoms with Crippen molar-refractivity contribution in [3.63, 3.8) is 0 Å². The normalized spacial score (nSPS) is 25.8. The number of benzene rings is 1. The summed E-state index contributed by atoms with van der Waals surface area (Å²) in [5, 5.41) is 3.19. The number of rotatable bonds is 6. The molecule has 0 spiro atoms. The second-order valence-electron chi connectivity index (χ2n) is 8.44. The lowest BCUT2D eigenvalue weighted by molar-refractivity contribution is -0.168. The summed E-state index contributed by atoms with van der Waals surface area (Å²) >= 11 is 6.06. The van der Waals surface area contributed by atoms with Crippen LogP contribution < -0.4 is 10.1 Å². The summed E-state index contributed by atoms with van der Waals surface area (Å²) in [6.45, 7) is 6.28. The van der Waals surface area contributed by atoms with Crippen LogP contribution in [0.5, 0.6) is 5.75 Å². The van der Waals surface area contributed by atoms with Crippen molar-refractivity contribution in [2.75, 3.05) is 19.0 Å². The highest BCUT2D eigenvalue weighted by Gasteiger charge is 2.64. The van der Waals surface area contributed by atoms with Gasteiger partial charge in [0.15, 0.2) is 0 Å².